The quantitative estimate of drug-likeness (QED) is 0.682. The van der Waals surface area contributed by atoms with Crippen molar-refractivity contribution in [2.45, 2.75) is 25.9 Å². The second-order valence-electron chi connectivity index (χ2n) is 4.96. The number of amides is 2. The van der Waals surface area contributed by atoms with E-state index in [1.54, 1.807) is 0 Å². The molecule has 1 aliphatic heterocycles. The average Bonchev–Trinajstić information content (AvgIpc) is 2.84. The third kappa shape index (κ3) is 3.08. The summed E-state index contributed by atoms with van der Waals surface area (Å²) in [5, 5.41) is 9.08. The molecule has 1 fully saturated rings. The van der Waals surface area contributed by atoms with Gasteiger partial charge in [0.15, 0.2) is 0 Å². The summed E-state index contributed by atoms with van der Waals surface area (Å²) in [6.45, 7) is 4.68. The molecule has 0 aromatic carbocycles. The largest absolute Gasteiger partial charge is 0.382 e. The first-order chi connectivity index (χ1) is 9.49. The van der Waals surface area contributed by atoms with Crippen molar-refractivity contribution in [2.24, 2.45) is 0 Å². The molecular weight excluding hydrogens is 262 g/mol. The summed E-state index contributed by atoms with van der Waals surface area (Å²) in [5.74, 6) is -0.285. The molecule has 1 saturated heterocycles. The van der Waals surface area contributed by atoms with Gasteiger partial charge in [0.1, 0.15) is 17.6 Å². The van der Waals surface area contributed by atoms with Gasteiger partial charge in [-0.1, -0.05) is 0 Å². The minimum Gasteiger partial charge on any atom is -0.382 e. The Bertz CT molecular complexity index is 499. The smallest absolute Gasteiger partial charge is 0.272 e. The number of carbonyl (C=O) groups is 2. The molecule has 2 heterocycles. The van der Waals surface area contributed by atoms with Crippen molar-refractivity contribution < 1.29 is 14.3 Å². The van der Waals surface area contributed by atoms with Crippen LogP contribution in [0.2, 0.25) is 0 Å². The lowest BCUT2D eigenvalue weighted by atomic mass is 10.2. The Labute approximate surface area is 116 Å². The number of aromatic amines is 1. The minimum absolute atomic E-state index is 0.00387. The van der Waals surface area contributed by atoms with Gasteiger partial charge in [-0.2, -0.15) is 5.10 Å². The normalized spacial score (nSPS) is 19.1. The molecule has 0 bridgehead atoms. The van der Waals surface area contributed by atoms with Crippen LogP contribution in [0, 0.1) is 0 Å². The van der Waals surface area contributed by atoms with Crippen molar-refractivity contribution in [1.29, 1.82) is 0 Å². The van der Waals surface area contributed by atoms with Gasteiger partial charge in [-0.3, -0.25) is 14.7 Å². The highest BCUT2D eigenvalue weighted by Gasteiger charge is 2.34. The van der Waals surface area contributed by atoms with Crippen LogP contribution >= 0.6 is 0 Å². The average molecular weight is 281 g/mol. The molecule has 1 aromatic rings. The Morgan fingerprint density at radius 1 is 1.60 bits per heavy atom. The van der Waals surface area contributed by atoms with Gasteiger partial charge in [-0.15, -0.1) is 0 Å². The topological polar surface area (TPSA) is 113 Å². The predicted octanol–water partition coefficient (Wildman–Crippen LogP) is -0.642. The Hall–Kier alpha value is -2.09. The van der Waals surface area contributed by atoms with E-state index in [2.05, 4.69) is 15.5 Å². The maximum atomic E-state index is 12.4. The van der Waals surface area contributed by atoms with E-state index in [0.29, 0.717) is 13.2 Å². The van der Waals surface area contributed by atoms with Crippen LogP contribution in [-0.2, 0) is 9.53 Å². The second kappa shape index (κ2) is 5.91. The van der Waals surface area contributed by atoms with E-state index >= 15 is 0 Å². The number of nitrogens with one attached hydrogen (secondary N) is 2. The third-order valence-electron chi connectivity index (χ3n) is 2.95. The zero-order chi connectivity index (χ0) is 14.7. The molecule has 8 heteroatoms. The van der Waals surface area contributed by atoms with Crippen molar-refractivity contribution >= 4 is 17.6 Å². The number of nitrogen functional groups attached to an aromatic ring is 1. The summed E-state index contributed by atoms with van der Waals surface area (Å²) in [5.41, 5.74) is 5.76. The number of H-pyrrole nitrogens is 1. The summed E-state index contributed by atoms with van der Waals surface area (Å²) in [6.07, 6.45) is 0. The molecule has 1 aliphatic rings. The molecule has 1 unspecified atom stereocenters. The summed E-state index contributed by atoms with van der Waals surface area (Å²) >= 11 is 0. The third-order valence-corrected chi connectivity index (χ3v) is 2.95. The molecule has 0 saturated carbocycles. The number of anilines is 1. The number of ether oxygens (including phenoxy) is 1. The Kier molecular flexibility index (Phi) is 4.23. The molecular formula is C12H19N5O3. The molecule has 1 atom stereocenters. The Morgan fingerprint density at radius 3 is 2.95 bits per heavy atom. The molecule has 2 rings (SSSR count). The number of aromatic nitrogens is 2. The highest BCUT2D eigenvalue weighted by Crippen LogP contribution is 2.13. The monoisotopic (exact) mass is 281 g/mol. The molecule has 2 amide bonds. The Balaban J connectivity index is 2.14. The van der Waals surface area contributed by atoms with Crippen molar-refractivity contribution in [3.63, 3.8) is 0 Å². The predicted molar refractivity (Wildman–Crippen MR) is 71.9 cm³/mol. The Morgan fingerprint density at radius 2 is 2.35 bits per heavy atom. The fourth-order valence-corrected chi connectivity index (χ4v) is 2.05. The maximum absolute atomic E-state index is 12.4. The SMILES string of the molecule is CC(C)NC(=O)C1COCCN1C(=O)c1cc(N)n[nH]1. The molecule has 0 aliphatic carbocycles. The van der Waals surface area contributed by atoms with E-state index in [1.807, 2.05) is 13.8 Å². The van der Waals surface area contributed by atoms with Crippen LogP contribution in [0.15, 0.2) is 6.07 Å². The van der Waals surface area contributed by atoms with Crippen molar-refractivity contribution in [2.75, 3.05) is 25.5 Å². The highest BCUT2D eigenvalue weighted by molar-refractivity contribution is 5.96. The van der Waals surface area contributed by atoms with E-state index in [1.165, 1.54) is 11.0 Å². The van der Waals surface area contributed by atoms with E-state index < -0.39 is 6.04 Å². The van der Waals surface area contributed by atoms with Crippen molar-refractivity contribution in [3.8, 4) is 0 Å². The zero-order valence-corrected chi connectivity index (χ0v) is 11.5. The van der Waals surface area contributed by atoms with Crippen LogP contribution < -0.4 is 11.1 Å². The number of nitrogens with zero attached hydrogens (tertiary/aromatic N) is 2. The van der Waals surface area contributed by atoms with Gasteiger partial charge in [0.05, 0.1) is 13.2 Å². The van der Waals surface area contributed by atoms with E-state index in [9.17, 15) is 9.59 Å². The summed E-state index contributed by atoms with van der Waals surface area (Å²) in [7, 11) is 0. The number of carbonyl (C=O) groups excluding carboxylic acids is 2. The lowest BCUT2D eigenvalue weighted by molar-refractivity contribution is -0.131. The first-order valence-corrected chi connectivity index (χ1v) is 6.49. The van der Waals surface area contributed by atoms with E-state index in [-0.39, 0.29) is 36.0 Å². The number of hydrogen-bond donors (Lipinski definition) is 3. The first kappa shape index (κ1) is 14.3. The lowest BCUT2D eigenvalue weighted by Gasteiger charge is -2.34. The molecule has 20 heavy (non-hydrogen) atoms. The van der Waals surface area contributed by atoms with Crippen LogP contribution in [0.3, 0.4) is 0 Å². The maximum Gasteiger partial charge on any atom is 0.272 e. The van der Waals surface area contributed by atoms with Gasteiger partial charge in [-0.05, 0) is 13.8 Å². The molecule has 8 nitrogen and oxygen atoms in total. The first-order valence-electron chi connectivity index (χ1n) is 6.49. The van der Waals surface area contributed by atoms with Crippen molar-refractivity contribution in [1.82, 2.24) is 20.4 Å². The zero-order valence-electron chi connectivity index (χ0n) is 11.5. The molecule has 1 aromatic heterocycles. The summed E-state index contributed by atoms with van der Waals surface area (Å²) < 4.78 is 5.30. The van der Waals surface area contributed by atoms with E-state index in [0.717, 1.165) is 0 Å². The van der Waals surface area contributed by atoms with Gasteiger partial charge < -0.3 is 20.7 Å². The summed E-state index contributed by atoms with van der Waals surface area (Å²) in [6, 6.07) is 0.821. The molecule has 0 spiro atoms. The van der Waals surface area contributed by atoms with Gasteiger partial charge in [0.2, 0.25) is 5.91 Å². The number of rotatable bonds is 3. The number of nitrogens with two attached hydrogens (primary N) is 1. The van der Waals surface area contributed by atoms with Gasteiger partial charge in [0, 0.05) is 18.7 Å². The van der Waals surface area contributed by atoms with Crippen LogP contribution in [0.5, 0.6) is 0 Å². The van der Waals surface area contributed by atoms with Crippen LogP contribution in [0.1, 0.15) is 24.3 Å². The van der Waals surface area contributed by atoms with Gasteiger partial charge in [-0.25, -0.2) is 0 Å². The second-order valence-corrected chi connectivity index (χ2v) is 4.96. The minimum atomic E-state index is -0.636. The lowest BCUT2D eigenvalue weighted by Crippen LogP contribution is -2.56. The summed E-state index contributed by atoms with van der Waals surface area (Å²) in [4.78, 5) is 26.0. The number of morpholine rings is 1. The van der Waals surface area contributed by atoms with Crippen molar-refractivity contribution in [3.05, 3.63) is 11.8 Å². The van der Waals surface area contributed by atoms with Crippen LogP contribution in [0.4, 0.5) is 5.82 Å². The highest BCUT2D eigenvalue weighted by atomic mass is 16.5. The number of hydrogen-bond acceptors (Lipinski definition) is 5. The van der Waals surface area contributed by atoms with Crippen LogP contribution in [0.25, 0.3) is 0 Å². The standard InChI is InChI=1S/C12H19N5O3/c1-7(2)14-11(18)9-6-20-4-3-17(9)12(19)8-5-10(13)16-15-8/h5,7,9H,3-4,6H2,1-2H3,(H,14,18)(H3,13,15,16). The van der Waals surface area contributed by atoms with Gasteiger partial charge >= 0.3 is 0 Å². The molecule has 110 valence electrons. The van der Waals surface area contributed by atoms with E-state index in [4.69, 9.17) is 10.5 Å². The molecule has 0 radical (unpaired) electrons. The van der Waals surface area contributed by atoms with Crippen LogP contribution in [-0.4, -0.2) is 58.8 Å². The fraction of sp³-hybridized carbons (Fsp3) is 0.583. The fourth-order valence-electron chi connectivity index (χ4n) is 2.05. The van der Waals surface area contributed by atoms with Gasteiger partial charge in [0.25, 0.3) is 5.91 Å². The molecule has 4 N–H and O–H groups in total.